The van der Waals surface area contributed by atoms with Crippen LogP contribution in [-0.2, 0) is 0 Å². The standard InChI is InChI=1S/C33H28/c1-5-2-8-12-16-20-24-22-18-14-10-4-6-3-9-13-17-21-23-19-15-11-7(1)25(5,8)27(11,12)29(15,16)31(19,20)33(23,24)32(21,22)30(17,18)28(13,14)26(6,9)10/h5-24H,1-4H2. The maximum atomic E-state index is 1.75. The first-order valence-electron chi connectivity index (χ1n) is 16.4. The molecule has 0 heterocycles. The van der Waals surface area contributed by atoms with Gasteiger partial charge in [0.1, 0.15) is 0 Å². The molecule has 9 spiro atoms. The lowest BCUT2D eigenvalue weighted by atomic mass is 8.67. The Bertz CT molecular complexity index is 1410. The van der Waals surface area contributed by atoms with Gasteiger partial charge in [-0.1, -0.05) is 0 Å². The number of hydrogen-bond donors (Lipinski definition) is 0. The Labute approximate surface area is 192 Å². The zero-order chi connectivity index (χ0) is 18.9. The van der Waals surface area contributed by atoms with Crippen molar-refractivity contribution in [1.82, 2.24) is 0 Å². The monoisotopic (exact) mass is 424 g/mol. The minimum atomic E-state index is 1.08. The molecular formula is C33H28. The summed E-state index contributed by atoms with van der Waals surface area (Å²) in [5.74, 6) is 27.1. The lowest BCUT2D eigenvalue weighted by Gasteiger charge is -3.36. The van der Waals surface area contributed by atoms with Crippen LogP contribution in [0.2, 0.25) is 0 Å². The number of fused-ring (bicyclic) bond motifs is 16. The molecule has 20 saturated carbocycles. The van der Waals surface area contributed by atoms with Crippen molar-refractivity contribution in [2.45, 2.75) is 25.7 Å². The molecule has 0 heteroatoms. The van der Waals surface area contributed by atoms with E-state index in [9.17, 15) is 0 Å². The fourth-order valence-electron chi connectivity index (χ4n) is 29.3. The average molecular weight is 425 g/mol. The van der Waals surface area contributed by atoms with Gasteiger partial charge in [-0.3, -0.25) is 0 Å². The minimum absolute atomic E-state index is 1.08. The Morgan fingerprint density at radius 1 is 0.273 bits per heavy atom. The van der Waals surface area contributed by atoms with E-state index in [0.29, 0.717) is 0 Å². The predicted molar refractivity (Wildman–Crippen MR) is 110 cm³/mol. The summed E-state index contributed by atoms with van der Waals surface area (Å²) in [4.78, 5) is 0. The van der Waals surface area contributed by atoms with Gasteiger partial charge in [-0.2, -0.15) is 0 Å². The number of hydrogen-bond acceptors (Lipinski definition) is 0. The van der Waals surface area contributed by atoms with Crippen molar-refractivity contribution in [3.05, 3.63) is 0 Å². The fraction of sp³-hybridized carbons (Fsp3) is 1.00. The van der Waals surface area contributed by atoms with Crippen LogP contribution in [0.3, 0.4) is 0 Å². The van der Waals surface area contributed by atoms with Gasteiger partial charge in [-0.05, 0) is 193 Å². The van der Waals surface area contributed by atoms with E-state index < -0.39 is 0 Å². The van der Waals surface area contributed by atoms with Crippen molar-refractivity contribution in [1.29, 1.82) is 0 Å². The highest BCUT2D eigenvalue weighted by Crippen LogP contribution is 3.37. The Hall–Kier alpha value is 0. The molecule has 160 valence electrons. The van der Waals surface area contributed by atoms with Gasteiger partial charge in [0.15, 0.2) is 0 Å². The van der Waals surface area contributed by atoms with E-state index in [-0.39, 0.29) is 0 Å². The van der Waals surface area contributed by atoms with Gasteiger partial charge in [0.25, 0.3) is 0 Å². The molecule has 0 bridgehead atoms. The van der Waals surface area contributed by atoms with Crippen LogP contribution in [0.1, 0.15) is 25.7 Å². The highest BCUT2D eigenvalue weighted by Gasteiger charge is 3.35. The summed E-state index contributed by atoms with van der Waals surface area (Å²) in [6, 6.07) is 0. The van der Waals surface area contributed by atoms with E-state index in [2.05, 4.69) is 0 Å². The van der Waals surface area contributed by atoms with E-state index in [1.165, 1.54) is 118 Å². The van der Waals surface area contributed by atoms with Crippen LogP contribution >= 0.6 is 0 Å². The summed E-state index contributed by atoms with van der Waals surface area (Å²) in [5.41, 5.74) is 9.85. The van der Waals surface area contributed by atoms with Crippen molar-refractivity contribution in [2.75, 3.05) is 0 Å². The second-order valence-electron chi connectivity index (χ2n) is 20.1. The Balaban J connectivity index is 0.906. The zero-order valence-corrected chi connectivity index (χ0v) is 18.9. The van der Waals surface area contributed by atoms with Gasteiger partial charge in [0, 0.05) is 0 Å². The molecule has 0 aliphatic heterocycles. The van der Waals surface area contributed by atoms with Crippen molar-refractivity contribution in [2.24, 2.45) is 167 Å². The van der Waals surface area contributed by atoms with E-state index in [4.69, 9.17) is 0 Å². The van der Waals surface area contributed by atoms with Gasteiger partial charge in [0.05, 0.1) is 0 Å². The smallest absolute Gasteiger partial charge is 0.00932 e. The number of rotatable bonds is 0. The van der Waals surface area contributed by atoms with Gasteiger partial charge in [-0.25, -0.2) is 0 Å². The molecule has 0 aromatic carbocycles. The average Bonchev–Trinajstić information content (AvgIpc) is 2.67. The highest BCUT2D eigenvalue weighted by atomic mass is 15.4. The van der Waals surface area contributed by atoms with Crippen LogP contribution in [0.4, 0.5) is 0 Å². The summed E-state index contributed by atoms with van der Waals surface area (Å²) in [6.07, 6.45) is 6.98. The molecular weight excluding hydrogens is 396 g/mol. The van der Waals surface area contributed by atoms with Crippen LogP contribution in [0.15, 0.2) is 0 Å². The maximum absolute atomic E-state index is 1.75. The third-order valence-electron chi connectivity index (χ3n) is 25.2. The SMILES string of the molecule is C1C2CC3C4C5C6C7C8C9C%10C%11CC%12CC%13C%14C%15C%16C%17C%18C%19C%20C1C23C%204C%195C%186C%177C%168C%159C%14%10C%12%13%11. The van der Waals surface area contributed by atoms with E-state index >= 15 is 0 Å². The van der Waals surface area contributed by atoms with Crippen LogP contribution in [0.5, 0.6) is 0 Å². The molecule has 16 atom stereocenters. The maximum Gasteiger partial charge on any atom is -0.00932 e. The zero-order valence-electron chi connectivity index (χ0n) is 18.9. The molecule has 20 fully saturated rings. The molecule has 0 N–H and O–H groups in total. The first-order chi connectivity index (χ1) is 16.4. The van der Waals surface area contributed by atoms with Crippen molar-refractivity contribution in [3.63, 3.8) is 0 Å². The van der Waals surface area contributed by atoms with Crippen molar-refractivity contribution >= 4 is 0 Å². The first-order valence-corrected chi connectivity index (χ1v) is 16.4. The lowest BCUT2D eigenvalue weighted by Crippen LogP contribution is -3.34. The lowest BCUT2D eigenvalue weighted by molar-refractivity contribution is -0.910. The summed E-state index contributed by atoms with van der Waals surface area (Å²) >= 11 is 0. The molecule has 0 nitrogen and oxygen atoms in total. The fourth-order valence-corrected chi connectivity index (χ4v) is 29.3. The summed E-state index contributed by atoms with van der Waals surface area (Å²) in [6.45, 7) is 0. The second kappa shape index (κ2) is 2.21. The van der Waals surface area contributed by atoms with Gasteiger partial charge in [-0.15, -0.1) is 0 Å². The Morgan fingerprint density at radius 3 is 0.788 bits per heavy atom. The molecule has 0 aromatic heterocycles. The van der Waals surface area contributed by atoms with E-state index in [0.717, 1.165) is 48.7 Å². The quantitative estimate of drug-likeness (QED) is 0.551. The summed E-state index contributed by atoms with van der Waals surface area (Å²) < 4.78 is 0. The molecule has 16 unspecified atom stereocenters. The van der Waals surface area contributed by atoms with Crippen LogP contribution in [0.25, 0.3) is 0 Å². The van der Waals surface area contributed by atoms with Crippen LogP contribution in [-0.4, -0.2) is 0 Å². The topological polar surface area (TPSA) is 0 Å². The molecule has 33 heavy (non-hydrogen) atoms. The summed E-state index contributed by atoms with van der Waals surface area (Å²) in [5, 5.41) is 0. The molecule has 20 aliphatic carbocycles. The van der Waals surface area contributed by atoms with Crippen LogP contribution in [0, 0.1) is 167 Å². The molecule has 0 saturated heterocycles. The molecule has 20 rings (SSSR count). The highest BCUT2D eigenvalue weighted by molar-refractivity contribution is 5.80. The van der Waals surface area contributed by atoms with Crippen molar-refractivity contribution < 1.29 is 0 Å². The Morgan fingerprint density at radius 2 is 0.515 bits per heavy atom. The predicted octanol–water partition coefficient (Wildman–Crippen LogP) is 4.02. The minimum Gasteiger partial charge on any atom is -0.0461 e. The second-order valence-corrected chi connectivity index (χ2v) is 20.1. The molecule has 0 aromatic rings. The van der Waals surface area contributed by atoms with Crippen LogP contribution < -0.4 is 0 Å². The van der Waals surface area contributed by atoms with E-state index in [1.54, 1.807) is 25.7 Å². The summed E-state index contributed by atoms with van der Waals surface area (Å²) in [7, 11) is 0. The third-order valence-corrected chi connectivity index (χ3v) is 25.2. The van der Waals surface area contributed by atoms with Gasteiger partial charge in [0.2, 0.25) is 0 Å². The molecule has 0 amide bonds. The molecule has 20 aliphatic rings. The van der Waals surface area contributed by atoms with Gasteiger partial charge < -0.3 is 0 Å². The largest absolute Gasteiger partial charge is 0.0461 e. The Kier molecular flexibility index (Phi) is 0.836. The van der Waals surface area contributed by atoms with Gasteiger partial charge >= 0.3 is 0 Å². The molecule has 0 radical (unpaired) electrons. The van der Waals surface area contributed by atoms with E-state index in [1.807, 2.05) is 0 Å². The first kappa shape index (κ1) is 12.5. The third kappa shape index (κ3) is 0.389. The normalized spacial score (nSPS) is 121. The van der Waals surface area contributed by atoms with Crippen molar-refractivity contribution in [3.8, 4) is 0 Å².